The smallest absolute Gasteiger partial charge is 0.263 e. The van der Waals surface area contributed by atoms with E-state index in [-0.39, 0.29) is 5.56 Å². The monoisotopic (exact) mass is 263 g/mol. The van der Waals surface area contributed by atoms with Crippen LogP contribution in [0.25, 0.3) is 0 Å². The fourth-order valence-electron chi connectivity index (χ4n) is 0.925. The highest BCUT2D eigenvalue weighted by Gasteiger charge is 1.96. The molecule has 0 saturated heterocycles. The number of halogens is 1. The Morgan fingerprint density at radius 2 is 2.36 bits per heavy atom. The van der Waals surface area contributed by atoms with E-state index in [2.05, 4.69) is 29.5 Å². The quantitative estimate of drug-likeness (QED) is 0.746. The normalized spacial score (nSPS) is 10.0. The summed E-state index contributed by atoms with van der Waals surface area (Å²) in [6.07, 6.45) is 2.83. The van der Waals surface area contributed by atoms with Gasteiger partial charge in [0.25, 0.3) is 5.56 Å². The van der Waals surface area contributed by atoms with Gasteiger partial charge in [-0.3, -0.25) is 4.79 Å². The molecule has 0 aromatic carbocycles. The molecular formula is C8H10INO. The van der Waals surface area contributed by atoms with Crippen molar-refractivity contribution < 1.29 is 0 Å². The third-order valence-electron chi connectivity index (χ3n) is 1.44. The molecule has 3 heteroatoms. The van der Waals surface area contributed by atoms with Gasteiger partial charge in [-0.2, -0.15) is 0 Å². The lowest BCUT2D eigenvalue weighted by Gasteiger charge is -2.01. The molecule has 1 aromatic rings. The zero-order valence-corrected chi connectivity index (χ0v) is 8.54. The van der Waals surface area contributed by atoms with Gasteiger partial charge in [-0.15, -0.1) is 0 Å². The summed E-state index contributed by atoms with van der Waals surface area (Å²) >= 11 is 2.06. The molecular weight excluding hydrogens is 253 g/mol. The van der Waals surface area contributed by atoms with Gasteiger partial charge in [-0.05, 0) is 41.1 Å². The molecule has 0 spiro atoms. The SMILES string of the molecule is CCCn1cccc(I)c1=O. The van der Waals surface area contributed by atoms with Crippen molar-refractivity contribution in [3.63, 3.8) is 0 Å². The summed E-state index contributed by atoms with van der Waals surface area (Å²) in [5.41, 5.74) is 0.120. The Morgan fingerprint density at radius 3 is 3.00 bits per heavy atom. The molecule has 0 atom stereocenters. The van der Waals surface area contributed by atoms with Gasteiger partial charge in [0.1, 0.15) is 0 Å². The summed E-state index contributed by atoms with van der Waals surface area (Å²) in [6, 6.07) is 3.73. The Balaban J connectivity index is 3.07. The van der Waals surface area contributed by atoms with Crippen molar-refractivity contribution in [1.82, 2.24) is 4.57 Å². The minimum atomic E-state index is 0.120. The molecule has 1 heterocycles. The minimum absolute atomic E-state index is 0.120. The fourth-order valence-corrected chi connectivity index (χ4v) is 1.44. The van der Waals surface area contributed by atoms with Crippen molar-refractivity contribution in [2.75, 3.05) is 0 Å². The maximum absolute atomic E-state index is 11.3. The van der Waals surface area contributed by atoms with Crippen LogP contribution in [0.3, 0.4) is 0 Å². The molecule has 0 aliphatic heterocycles. The molecule has 1 rings (SSSR count). The summed E-state index contributed by atoms with van der Waals surface area (Å²) in [5, 5.41) is 0. The standard InChI is InChI=1S/C8H10INO/c1-2-5-10-6-3-4-7(9)8(10)11/h3-4,6H,2,5H2,1H3. The van der Waals surface area contributed by atoms with Crippen LogP contribution in [0, 0.1) is 3.57 Å². The van der Waals surface area contributed by atoms with Crippen molar-refractivity contribution in [2.24, 2.45) is 0 Å². The first-order chi connectivity index (χ1) is 5.25. The van der Waals surface area contributed by atoms with E-state index in [1.807, 2.05) is 18.3 Å². The summed E-state index contributed by atoms with van der Waals surface area (Å²) in [4.78, 5) is 11.3. The second-order valence-electron chi connectivity index (χ2n) is 2.35. The number of aryl methyl sites for hydroxylation is 1. The molecule has 2 nitrogen and oxygen atoms in total. The summed E-state index contributed by atoms with van der Waals surface area (Å²) in [7, 11) is 0. The predicted molar refractivity (Wildman–Crippen MR) is 53.7 cm³/mol. The van der Waals surface area contributed by atoms with Crippen molar-refractivity contribution in [2.45, 2.75) is 19.9 Å². The fraction of sp³-hybridized carbons (Fsp3) is 0.375. The minimum Gasteiger partial charge on any atom is -0.315 e. The molecule has 1 aromatic heterocycles. The first-order valence-corrected chi connectivity index (χ1v) is 4.68. The average molecular weight is 263 g/mol. The Labute approximate surface area is 79.4 Å². The molecule has 0 bridgehead atoms. The van der Waals surface area contributed by atoms with Gasteiger partial charge >= 0.3 is 0 Å². The molecule has 0 saturated carbocycles. The van der Waals surface area contributed by atoms with Crippen LogP contribution in [-0.2, 0) is 6.54 Å². The van der Waals surface area contributed by atoms with Crippen LogP contribution in [0.5, 0.6) is 0 Å². The van der Waals surface area contributed by atoms with Crippen LogP contribution in [0.4, 0.5) is 0 Å². The number of nitrogens with zero attached hydrogens (tertiary/aromatic N) is 1. The van der Waals surface area contributed by atoms with Crippen LogP contribution in [0.15, 0.2) is 23.1 Å². The second kappa shape index (κ2) is 3.90. The highest BCUT2D eigenvalue weighted by molar-refractivity contribution is 14.1. The lowest BCUT2D eigenvalue weighted by molar-refractivity contribution is 0.651. The Kier molecular flexibility index (Phi) is 3.11. The van der Waals surface area contributed by atoms with E-state index in [0.29, 0.717) is 0 Å². The highest BCUT2D eigenvalue weighted by Crippen LogP contribution is 1.96. The summed E-state index contributed by atoms with van der Waals surface area (Å²) < 4.78 is 2.53. The lowest BCUT2D eigenvalue weighted by atomic mass is 10.4. The predicted octanol–water partition coefficient (Wildman–Crippen LogP) is 1.86. The van der Waals surface area contributed by atoms with Gasteiger partial charge in [0.15, 0.2) is 0 Å². The van der Waals surface area contributed by atoms with Gasteiger partial charge in [0.05, 0.1) is 3.57 Å². The third-order valence-corrected chi connectivity index (χ3v) is 2.26. The van der Waals surface area contributed by atoms with E-state index in [0.717, 1.165) is 16.5 Å². The molecule has 0 fully saturated rings. The van der Waals surface area contributed by atoms with E-state index in [1.165, 1.54) is 0 Å². The second-order valence-corrected chi connectivity index (χ2v) is 3.52. The summed E-state index contributed by atoms with van der Waals surface area (Å²) in [5.74, 6) is 0. The van der Waals surface area contributed by atoms with E-state index in [4.69, 9.17) is 0 Å². The molecule has 11 heavy (non-hydrogen) atoms. The van der Waals surface area contributed by atoms with Crippen LogP contribution in [0.1, 0.15) is 13.3 Å². The zero-order chi connectivity index (χ0) is 8.27. The molecule has 0 aliphatic rings. The summed E-state index contributed by atoms with van der Waals surface area (Å²) in [6.45, 7) is 2.88. The molecule has 0 unspecified atom stereocenters. The van der Waals surface area contributed by atoms with E-state index >= 15 is 0 Å². The maximum atomic E-state index is 11.3. The van der Waals surface area contributed by atoms with E-state index < -0.39 is 0 Å². The van der Waals surface area contributed by atoms with Crippen LogP contribution < -0.4 is 5.56 Å². The number of pyridine rings is 1. The molecule has 0 amide bonds. The lowest BCUT2D eigenvalue weighted by Crippen LogP contribution is -2.20. The molecule has 0 radical (unpaired) electrons. The van der Waals surface area contributed by atoms with Crippen molar-refractivity contribution in [3.05, 3.63) is 32.3 Å². The number of hydrogen-bond acceptors (Lipinski definition) is 1. The number of hydrogen-bond donors (Lipinski definition) is 0. The van der Waals surface area contributed by atoms with Crippen molar-refractivity contribution >= 4 is 22.6 Å². The van der Waals surface area contributed by atoms with E-state index in [9.17, 15) is 4.79 Å². The zero-order valence-electron chi connectivity index (χ0n) is 6.38. The van der Waals surface area contributed by atoms with Gasteiger partial charge in [-0.25, -0.2) is 0 Å². The Morgan fingerprint density at radius 1 is 1.64 bits per heavy atom. The third kappa shape index (κ3) is 2.05. The Bertz CT molecular complexity index is 292. The molecule has 0 aliphatic carbocycles. The molecule has 60 valence electrons. The van der Waals surface area contributed by atoms with Crippen LogP contribution in [-0.4, -0.2) is 4.57 Å². The van der Waals surface area contributed by atoms with E-state index in [1.54, 1.807) is 4.57 Å². The topological polar surface area (TPSA) is 22.0 Å². The molecule has 0 N–H and O–H groups in total. The van der Waals surface area contributed by atoms with Gasteiger partial charge in [-0.1, -0.05) is 6.92 Å². The van der Waals surface area contributed by atoms with Crippen molar-refractivity contribution in [3.8, 4) is 0 Å². The Hall–Kier alpha value is -0.320. The van der Waals surface area contributed by atoms with Gasteiger partial charge in [0, 0.05) is 12.7 Å². The largest absolute Gasteiger partial charge is 0.315 e. The first kappa shape index (κ1) is 8.77. The van der Waals surface area contributed by atoms with Gasteiger partial charge in [0.2, 0.25) is 0 Å². The van der Waals surface area contributed by atoms with Crippen molar-refractivity contribution in [1.29, 1.82) is 0 Å². The van der Waals surface area contributed by atoms with Crippen LogP contribution in [0.2, 0.25) is 0 Å². The highest BCUT2D eigenvalue weighted by atomic mass is 127. The van der Waals surface area contributed by atoms with Crippen LogP contribution >= 0.6 is 22.6 Å². The maximum Gasteiger partial charge on any atom is 0.263 e. The van der Waals surface area contributed by atoms with Gasteiger partial charge < -0.3 is 4.57 Å². The number of aromatic nitrogens is 1. The first-order valence-electron chi connectivity index (χ1n) is 3.60. The average Bonchev–Trinajstić information content (AvgIpc) is 1.99. The number of rotatable bonds is 2.